The van der Waals surface area contributed by atoms with Gasteiger partial charge in [0.25, 0.3) is 5.91 Å². The molecule has 0 spiro atoms. The molecule has 1 aromatic rings. The Morgan fingerprint density at radius 2 is 1.75 bits per heavy atom. The number of ether oxygens (including phenoxy) is 1. The Balaban J connectivity index is 1.42. The van der Waals surface area contributed by atoms with E-state index in [0.29, 0.717) is 28.3 Å². The van der Waals surface area contributed by atoms with Crippen LogP contribution in [0, 0.1) is 17.3 Å². The molecule has 32 heavy (non-hydrogen) atoms. The highest BCUT2D eigenvalue weighted by Gasteiger charge is 2.61. The second-order valence-electron chi connectivity index (χ2n) is 10.1. The van der Waals surface area contributed by atoms with E-state index in [4.69, 9.17) is 27.9 Å². The van der Waals surface area contributed by atoms with Crippen LogP contribution in [0.4, 0.5) is 0 Å². The van der Waals surface area contributed by atoms with Crippen LogP contribution in [0.2, 0.25) is 10.0 Å². The number of esters is 1. The molecule has 1 aromatic carbocycles. The number of nitrogens with one attached hydrogen (secondary N) is 2. The third-order valence-electron chi connectivity index (χ3n) is 7.38. The number of benzene rings is 1. The first kappa shape index (κ1) is 23.4. The molecule has 8 heteroatoms. The van der Waals surface area contributed by atoms with Gasteiger partial charge in [-0.25, -0.2) is 0 Å². The fourth-order valence-corrected chi connectivity index (χ4v) is 7.19. The quantitative estimate of drug-likeness (QED) is 0.583. The molecule has 4 saturated carbocycles. The van der Waals surface area contributed by atoms with Gasteiger partial charge in [-0.1, -0.05) is 29.3 Å². The lowest BCUT2D eigenvalue weighted by Gasteiger charge is -2.60. The molecule has 4 bridgehead atoms. The largest absolute Gasteiger partial charge is 0.452 e. The van der Waals surface area contributed by atoms with Crippen molar-refractivity contribution in [3.05, 3.63) is 33.8 Å². The first-order valence-corrected chi connectivity index (χ1v) is 12.0. The van der Waals surface area contributed by atoms with Crippen LogP contribution in [0.25, 0.3) is 0 Å². The molecular weight excluding hydrogens is 451 g/mol. The fourth-order valence-electron chi connectivity index (χ4n) is 6.62. The van der Waals surface area contributed by atoms with E-state index in [-0.39, 0.29) is 29.4 Å². The van der Waals surface area contributed by atoms with Crippen LogP contribution in [-0.2, 0) is 19.1 Å². The van der Waals surface area contributed by atoms with Gasteiger partial charge in [0, 0.05) is 22.5 Å². The maximum absolute atomic E-state index is 13.3. The lowest BCUT2D eigenvalue weighted by molar-refractivity contribution is -0.182. The zero-order valence-corrected chi connectivity index (χ0v) is 20.2. The van der Waals surface area contributed by atoms with Crippen molar-refractivity contribution in [3.8, 4) is 0 Å². The van der Waals surface area contributed by atoms with Gasteiger partial charge in [0.15, 0.2) is 6.10 Å². The Labute approximate surface area is 198 Å². The van der Waals surface area contributed by atoms with Crippen LogP contribution < -0.4 is 10.6 Å². The zero-order valence-electron chi connectivity index (χ0n) is 18.7. The lowest BCUT2D eigenvalue weighted by atomic mass is 9.47. The minimum absolute atomic E-state index is 0.0574. The van der Waals surface area contributed by atoms with E-state index >= 15 is 0 Å². The molecule has 2 unspecified atom stereocenters. The number of rotatable bonds is 6. The van der Waals surface area contributed by atoms with Crippen molar-refractivity contribution in [3.63, 3.8) is 0 Å². The first-order chi connectivity index (χ1) is 15.0. The number of amides is 2. The van der Waals surface area contributed by atoms with Gasteiger partial charge in [0.2, 0.25) is 5.91 Å². The number of halogens is 2. The van der Waals surface area contributed by atoms with Crippen LogP contribution in [0.15, 0.2) is 18.2 Å². The van der Waals surface area contributed by atoms with Gasteiger partial charge in [-0.2, -0.15) is 0 Å². The van der Waals surface area contributed by atoms with Crippen LogP contribution in [-0.4, -0.2) is 29.4 Å². The number of carbonyl (C=O) groups excluding carboxylic acids is 3. The minimum atomic E-state index is -0.930. The fraction of sp³-hybridized carbons (Fsp3) is 0.625. The Morgan fingerprint density at radius 1 is 1.09 bits per heavy atom. The predicted molar refractivity (Wildman–Crippen MR) is 122 cm³/mol. The number of hydrogen-bond acceptors (Lipinski definition) is 4. The molecular formula is C24H30Cl2N2O4. The van der Waals surface area contributed by atoms with Gasteiger partial charge < -0.3 is 15.4 Å². The molecule has 6 nitrogen and oxygen atoms in total. The zero-order chi connectivity index (χ0) is 23.3. The molecule has 0 aromatic heterocycles. The first-order valence-electron chi connectivity index (χ1n) is 11.3. The third kappa shape index (κ3) is 4.49. The summed E-state index contributed by atoms with van der Waals surface area (Å²) in [5.74, 6) is 0.0658. The summed E-state index contributed by atoms with van der Waals surface area (Å²) in [5.41, 5.74) is -0.201. The number of carbonyl (C=O) groups is 3. The summed E-state index contributed by atoms with van der Waals surface area (Å²) in [4.78, 5) is 37.9. The van der Waals surface area contributed by atoms with Crippen molar-refractivity contribution in [2.24, 2.45) is 17.3 Å². The highest BCUT2D eigenvalue weighted by molar-refractivity contribution is 6.35. The van der Waals surface area contributed by atoms with Gasteiger partial charge in [-0.05, 0) is 81.9 Å². The second kappa shape index (κ2) is 8.53. The molecule has 6 atom stereocenters. The highest BCUT2D eigenvalue weighted by atomic mass is 35.5. The summed E-state index contributed by atoms with van der Waals surface area (Å²) in [5, 5.41) is 7.00. The van der Waals surface area contributed by atoms with Crippen molar-refractivity contribution >= 4 is 41.0 Å². The molecule has 2 amide bonds. The predicted octanol–water partition coefficient (Wildman–Crippen LogP) is 4.58. The summed E-state index contributed by atoms with van der Waals surface area (Å²) in [6, 6.07) is 4.74. The smallest absolute Gasteiger partial charge is 0.312 e. The van der Waals surface area contributed by atoms with Gasteiger partial charge >= 0.3 is 5.97 Å². The van der Waals surface area contributed by atoms with E-state index in [1.165, 1.54) is 6.92 Å². The number of hydrogen-bond donors (Lipinski definition) is 2. The topological polar surface area (TPSA) is 84.5 Å². The van der Waals surface area contributed by atoms with E-state index in [1.807, 2.05) is 6.92 Å². The van der Waals surface area contributed by atoms with Crippen LogP contribution >= 0.6 is 23.2 Å². The molecule has 4 aliphatic carbocycles. The summed E-state index contributed by atoms with van der Waals surface area (Å²) in [6.07, 6.45) is 4.16. The average Bonchev–Trinajstić information content (AvgIpc) is 2.65. The van der Waals surface area contributed by atoms with Crippen molar-refractivity contribution in [1.29, 1.82) is 0 Å². The Morgan fingerprint density at radius 3 is 2.34 bits per heavy atom. The molecule has 0 heterocycles. The second-order valence-corrected chi connectivity index (χ2v) is 11.0. The van der Waals surface area contributed by atoms with Crippen molar-refractivity contribution in [2.45, 2.75) is 77.0 Å². The van der Waals surface area contributed by atoms with Gasteiger partial charge in [0.1, 0.15) is 0 Å². The van der Waals surface area contributed by atoms with E-state index in [9.17, 15) is 14.4 Å². The van der Waals surface area contributed by atoms with E-state index in [2.05, 4.69) is 10.6 Å². The SMILES string of the molecule is CC(=O)NC12C[C@H]3C[C@@H](C1)CC(C(=O)O[C@@H](C)C(=O)N[C@H](C)c1ccc(Cl)cc1Cl)(C3)C2. The maximum atomic E-state index is 13.3. The van der Waals surface area contributed by atoms with Gasteiger partial charge in [-0.15, -0.1) is 0 Å². The van der Waals surface area contributed by atoms with Crippen molar-refractivity contribution in [2.75, 3.05) is 0 Å². The van der Waals surface area contributed by atoms with E-state index in [1.54, 1.807) is 25.1 Å². The Hall–Kier alpha value is -1.79. The summed E-state index contributed by atoms with van der Waals surface area (Å²) in [6.45, 7) is 4.94. The molecule has 4 fully saturated rings. The van der Waals surface area contributed by atoms with Crippen molar-refractivity contribution < 1.29 is 19.1 Å². The normalized spacial score (nSPS) is 32.2. The molecule has 174 valence electrons. The highest BCUT2D eigenvalue weighted by Crippen LogP contribution is 2.62. The Kier molecular flexibility index (Phi) is 6.23. The van der Waals surface area contributed by atoms with Crippen LogP contribution in [0.5, 0.6) is 0 Å². The third-order valence-corrected chi connectivity index (χ3v) is 7.94. The summed E-state index contributed by atoms with van der Waals surface area (Å²) >= 11 is 12.2. The molecule has 5 rings (SSSR count). The molecule has 2 N–H and O–H groups in total. The molecule has 4 aliphatic rings. The Bertz CT molecular complexity index is 936. The minimum Gasteiger partial charge on any atom is -0.452 e. The van der Waals surface area contributed by atoms with E-state index in [0.717, 1.165) is 37.7 Å². The molecule has 0 radical (unpaired) electrons. The summed E-state index contributed by atoms with van der Waals surface area (Å²) < 4.78 is 5.72. The van der Waals surface area contributed by atoms with Gasteiger partial charge in [-0.3, -0.25) is 14.4 Å². The molecule has 0 aliphatic heterocycles. The van der Waals surface area contributed by atoms with Crippen molar-refractivity contribution in [1.82, 2.24) is 10.6 Å². The summed E-state index contributed by atoms with van der Waals surface area (Å²) in [7, 11) is 0. The lowest BCUT2D eigenvalue weighted by Crippen LogP contribution is -2.65. The van der Waals surface area contributed by atoms with Crippen LogP contribution in [0.1, 0.15) is 70.9 Å². The average molecular weight is 481 g/mol. The van der Waals surface area contributed by atoms with E-state index < -0.39 is 11.5 Å². The monoisotopic (exact) mass is 480 g/mol. The molecule has 0 saturated heterocycles. The van der Waals surface area contributed by atoms with Crippen LogP contribution in [0.3, 0.4) is 0 Å². The van der Waals surface area contributed by atoms with Gasteiger partial charge in [0.05, 0.1) is 11.5 Å². The maximum Gasteiger partial charge on any atom is 0.312 e. The standard InChI is InChI=1S/C24H30Cl2N2O4/c1-13(19-5-4-18(25)7-20(19)26)27-21(30)14(2)32-22(31)23-8-16-6-17(9-23)11-24(10-16,12-23)28-15(3)29/h4-5,7,13-14,16-17H,6,8-12H2,1-3H3,(H,27,30)(H,28,29)/t13-,14+,16-,17+,23?,24?/m1/s1.